The molecular weight excluding hydrogens is 715 g/mol. The summed E-state index contributed by atoms with van der Waals surface area (Å²) in [6, 6.07) is 13.1. The molecule has 55 heavy (non-hydrogen) atoms. The lowest BCUT2D eigenvalue weighted by Gasteiger charge is -2.53. The summed E-state index contributed by atoms with van der Waals surface area (Å²) in [5, 5.41) is 13.4. The average molecular weight is 762 g/mol. The Morgan fingerprint density at radius 1 is 0.982 bits per heavy atom. The predicted molar refractivity (Wildman–Crippen MR) is 197 cm³/mol. The fraction of sp³-hybridized carbons (Fsp3) is 0.452. The topological polar surface area (TPSA) is 118 Å². The number of nitrogens with zero attached hydrogens (tertiary/aromatic N) is 2. The number of amides is 2. The van der Waals surface area contributed by atoms with Crippen LogP contribution < -0.4 is 19.5 Å². The first kappa shape index (κ1) is 39.5. The highest BCUT2D eigenvalue weighted by atomic mass is 19.2. The van der Waals surface area contributed by atoms with Gasteiger partial charge in [0.05, 0.1) is 37.8 Å². The second-order valence-corrected chi connectivity index (χ2v) is 15.0. The van der Waals surface area contributed by atoms with Gasteiger partial charge in [0, 0.05) is 38.0 Å². The number of fused-ring (bicyclic) bond motifs is 2. The number of halogens is 3. The average Bonchev–Trinajstić information content (AvgIpc) is 4.02. The summed E-state index contributed by atoms with van der Waals surface area (Å²) in [5.74, 6) is 1.71. The van der Waals surface area contributed by atoms with E-state index in [0.717, 1.165) is 35.6 Å². The summed E-state index contributed by atoms with van der Waals surface area (Å²) in [5.41, 5.74) is 0.180. The van der Waals surface area contributed by atoms with Crippen molar-refractivity contribution in [3.63, 3.8) is 0 Å². The summed E-state index contributed by atoms with van der Waals surface area (Å²) in [6.07, 6.45) is 2.72. The van der Waals surface area contributed by atoms with Crippen molar-refractivity contribution in [2.24, 2.45) is 5.41 Å². The van der Waals surface area contributed by atoms with Crippen LogP contribution in [0.4, 0.5) is 13.2 Å². The zero-order chi connectivity index (χ0) is 39.5. The Kier molecular flexibility index (Phi) is 11.7. The Balaban J connectivity index is 1.30. The second-order valence-electron chi connectivity index (χ2n) is 15.0. The Morgan fingerprint density at radius 3 is 2.29 bits per heavy atom. The molecule has 3 aromatic rings. The van der Waals surface area contributed by atoms with E-state index in [-0.39, 0.29) is 56.8 Å². The number of carbonyl (C=O) groups is 3. The van der Waals surface area contributed by atoms with Crippen LogP contribution in [0.25, 0.3) is 0 Å². The maximum Gasteiger partial charge on any atom is 0.309 e. The van der Waals surface area contributed by atoms with Crippen LogP contribution in [0, 0.1) is 34.7 Å². The maximum absolute atomic E-state index is 15.2. The molecule has 2 amide bonds. The SMILES string of the molecule is COc1cc(CN(C(=O)C2N(C(=O)CCC(C)(C)C(=O)O)C[C@@H]3C#CC[C@]2(c2ccc(CCCOc4c(F)ccc(F)c4F)cc2)N3)C2CC2)cc(OC)c1. The Hall–Kier alpha value is -5.22. The van der Waals surface area contributed by atoms with Crippen LogP contribution >= 0.6 is 0 Å². The minimum Gasteiger partial charge on any atom is -0.497 e. The number of aliphatic carboxylic acids is 1. The van der Waals surface area contributed by atoms with Crippen molar-refractivity contribution in [1.82, 2.24) is 15.1 Å². The van der Waals surface area contributed by atoms with Crippen molar-refractivity contribution in [3.05, 3.63) is 88.7 Å². The molecule has 10 nitrogen and oxygen atoms in total. The van der Waals surface area contributed by atoms with Crippen LogP contribution in [0.5, 0.6) is 17.2 Å². The van der Waals surface area contributed by atoms with E-state index in [1.807, 2.05) is 41.3 Å². The molecule has 3 aliphatic rings. The smallest absolute Gasteiger partial charge is 0.309 e. The minimum absolute atomic E-state index is 0.0454. The quantitative estimate of drug-likeness (QED) is 0.104. The van der Waals surface area contributed by atoms with Crippen molar-refractivity contribution in [3.8, 4) is 29.1 Å². The van der Waals surface area contributed by atoms with E-state index in [0.29, 0.717) is 30.4 Å². The van der Waals surface area contributed by atoms with Crippen LogP contribution in [0.1, 0.15) is 69.1 Å². The third-order valence-electron chi connectivity index (χ3n) is 10.7. The molecule has 3 atom stereocenters. The standard InChI is InChI=1S/C42H46F3N3O7/c1-41(2,40(51)52)19-17-35(49)48-25-29-8-5-18-42(46-29,28-11-9-26(10-12-28)7-6-20-55-37-34(44)16-15-33(43)36(37)45)38(48)39(50)47(30-13-14-30)24-27-21-31(53-3)23-32(22-27)54-4/h9-12,15-16,21-23,29-30,38,46H,6-7,13-14,17-20,24-25H2,1-4H3,(H,51,52)/t29-,38?,42+/m0/s1. The van der Waals surface area contributed by atoms with Gasteiger partial charge in [-0.25, -0.2) is 8.78 Å². The number of carboxylic acids is 1. The normalized spacial score (nSPS) is 20.2. The highest BCUT2D eigenvalue weighted by Gasteiger charge is 2.56. The molecule has 2 aliphatic heterocycles. The van der Waals surface area contributed by atoms with Gasteiger partial charge in [-0.3, -0.25) is 19.7 Å². The number of carboxylic acid groups (broad SMARTS) is 1. The number of hydrogen-bond donors (Lipinski definition) is 2. The van der Waals surface area contributed by atoms with Gasteiger partial charge < -0.3 is 29.1 Å². The van der Waals surface area contributed by atoms with E-state index in [9.17, 15) is 27.9 Å². The third kappa shape index (κ3) is 8.54. The van der Waals surface area contributed by atoms with Gasteiger partial charge in [0.2, 0.25) is 17.6 Å². The molecule has 1 aliphatic carbocycles. The van der Waals surface area contributed by atoms with Crippen LogP contribution in [-0.4, -0.2) is 78.2 Å². The summed E-state index contributed by atoms with van der Waals surface area (Å²) >= 11 is 0. The molecule has 2 N–H and O–H groups in total. The molecule has 0 aromatic heterocycles. The van der Waals surface area contributed by atoms with Crippen molar-refractivity contribution in [2.75, 3.05) is 27.4 Å². The monoisotopic (exact) mass is 761 g/mol. The van der Waals surface area contributed by atoms with Crippen molar-refractivity contribution in [2.45, 2.75) is 89.0 Å². The fourth-order valence-corrected chi connectivity index (χ4v) is 7.29. The number of benzene rings is 3. The third-order valence-corrected chi connectivity index (χ3v) is 10.7. The molecule has 3 aromatic carbocycles. The van der Waals surface area contributed by atoms with Gasteiger partial charge in [0.25, 0.3) is 0 Å². The van der Waals surface area contributed by atoms with E-state index in [2.05, 4.69) is 17.2 Å². The van der Waals surface area contributed by atoms with Gasteiger partial charge in [-0.2, -0.15) is 4.39 Å². The van der Waals surface area contributed by atoms with Gasteiger partial charge in [-0.05, 0) is 86.9 Å². The zero-order valence-electron chi connectivity index (χ0n) is 31.4. The van der Waals surface area contributed by atoms with Gasteiger partial charge >= 0.3 is 5.97 Å². The van der Waals surface area contributed by atoms with Crippen molar-refractivity contribution < 1.29 is 46.9 Å². The van der Waals surface area contributed by atoms with Crippen molar-refractivity contribution >= 4 is 17.8 Å². The second kappa shape index (κ2) is 16.3. The zero-order valence-corrected chi connectivity index (χ0v) is 31.4. The van der Waals surface area contributed by atoms with E-state index in [1.54, 1.807) is 39.0 Å². The molecule has 0 spiro atoms. The summed E-state index contributed by atoms with van der Waals surface area (Å²) in [4.78, 5) is 44.9. The first-order valence-electron chi connectivity index (χ1n) is 18.4. The highest BCUT2D eigenvalue weighted by molar-refractivity contribution is 5.91. The molecule has 1 saturated carbocycles. The predicted octanol–water partition coefficient (Wildman–Crippen LogP) is 5.99. The number of nitrogens with one attached hydrogen (secondary N) is 1. The van der Waals surface area contributed by atoms with E-state index < -0.39 is 52.2 Å². The summed E-state index contributed by atoms with van der Waals surface area (Å²) in [6.45, 7) is 3.50. The molecule has 1 saturated heterocycles. The number of hydrogen-bond acceptors (Lipinski definition) is 7. The lowest BCUT2D eigenvalue weighted by Crippen LogP contribution is -2.73. The molecule has 2 bridgehead atoms. The van der Waals surface area contributed by atoms with Gasteiger partial charge in [-0.1, -0.05) is 36.1 Å². The fourth-order valence-electron chi connectivity index (χ4n) is 7.29. The molecular formula is C42H46F3N3O7. The van der Waals surface area contributed by atoms with Crippen LogP contribution in [0.3, 0.4) is 0 Å². The van der Waals surface area contributed by atoms with E-state index >= 15 is 4.79 Å². The number of piperazine rings is 1. The maximum atomic E-state index is 15.2. The summed E-state index contributed by atoms with van der Waals surface area (Å²) in [7, 11) is 3.12. The molecule has 0 radical (unpaired) electrons. The number of ether oxygens (including phenoxy) is 3. The molecule has 2 heterocycles. The number of methoxy groups -OCH3 is 2. The van der Waals surface area contributed by atoms with E-state index in [4.69, 9.17) is 14.2 Å². The molecule has 1 unspecified atom stereocenters. The molecule has 292 valence electrons. The molecule has 6 rings (SSSR count). The lowest BCUT2D eigenvalue weighted by atomic mass is 9.73. The number of carbonyl (C=O) groups excluding carboxylic acids is 2. The van der Waals surface area contributed by atoms with Crippen LogP contribution in [0.15, 0.2) is 54.6 Å². The Bertz CT molecular complexity index is 1970. The van der Waals surface area contributed by atoms with Gasteiger partial charge in [-0.15, -0.1) is 0 Å². The lowest BCUT2D eigenvalue weighted by molar-refractivity contribution is -0.156. The number of aryl methyl sites for hydroxylation is 1. The molecule has 2 fully saturated rings. The minimum atomic E-state index is -1.37. The first-order valence-corrected chi connectivity index (χ1v) is 18.4. The van der Waals surface area contributed by atoms with Crippen LogP contribution in [-0.2, 0) is 32.9 Å². The Labute approximate surface area is 318 Å². The highest BCUT2D eigenvalue weighted by Crippen LogP contribution is 2.41. The van der Waals surface area contributed by atoms with E-state index in [1.165, 1.54) is 0 Å². The summed E-state index contributed by atoms with van der Waals surface area (Å²) < 4.78 is 57.9. The molecule has 13 heteroatoms. The van der Waals surface area contributed by atoms with Gasteiger partial charge in [0.15, 0.2) is 17.4 Å². The number of rotatable bonds is 16. The van der Waals surface area contributed by atoms with Crippen molar-refractivity contribution in [1.29, 1.82) is 0 Å². The van der Waals surface area contributed by atoms with Crippen LogP contribution in [0.2, 0.25) is 0 Å². The first-order chi connectivity index (χ1) is 26.3. The largest absolute Gasteiger partial charge is 0.497 e. The van der Waals surface area contributed by atoms with Gasteiger partial charge in [0.1, 0.15) is 17.5 Å². The Morgan fingerprint density at radius 2 is 1.65 bits per heavy atom.